The van der Waals surface area contributed by atoms with Crippen molar-refractivity contribution in [3.8, 4) is 0 Å². The minimum absolute atomic E-state index is 0. The molecule has 0 aliphatic heterocycles. The van der Waals surface area contributed by atoms with Crippen molar-refractivity contribution >= 4 is 0 Å². The Balaban J connectivity index is 0.000000451. The van der Waals surface area contributed by atoms with Crippen molar-refractivity contribution in [2.24, 2.45) is 5.92 Å². The molecule has 13 heavy (non-hydrogen) atoms. The highest BCUT2D eigenvalue weighted by Crippen LogP contribution is 2.25. The van der Waals surface area contributed by atoms with Crippen molar-refractivity contribution in [1.82, 2.24) is 0 Å². The second-order valence-corrected chi connectivity index (χ2v) is 3.28. The zero-order valence-corrected chi connectivity index (χ0v) is 8.30. The fraction of sp³-hybridized carbons (Fsp3) is 0.538. The second kappa shape index (κ2) is 5.80. The van der Waals surface area contributed by atoms with Crippen molar-refractivity contribution in [3.05, 3.63) is 35.4 Å². The smallest absolute Gasteiger partial charge is 0.0247 e. The zero-order valence-electron chi connectivity index (χ0n) is 8.30. The molecule has 0 aromatic heterocycles. The van der Waals surface area contributed by atoms with Gasteiger partial charge in [0.05, 0.1) is 0 Å². The summed E-state index contributed by atoms with van der Waals surface area (Å²) in [5, 5.41) is 0. The van der Waals surface area contributed by atoms with E-state index in [4.69, 9.17) is 0 Å². The highest BCUT2D eigenvalue weighted by molar-refractivity contribution is 5.31. The van der Waals surface area contributed by atoms with Gasteiger partial charge in [0.2, 0.25) is 0 Å². The molecule has 0 heteroatoms. The second-order valence-electron chi connectivity index (χ2n) is 3.28. The van der Waals surface area contributed by atoms with E-state index >= 15 is 0 Å². The number of benzene rings is 1. The van der Waals surface area contributed by atoms with E-state index in [0.717, 1.165) is 5.92 Å². The molecule has 0 amide bonds. The van der Waals surface area contributed by atoms with Crippen LogP contribution in [0.5, 0.6) is 0 Å². The molecule has 0 unspecified atom stereocenters. The molecule has 0 bridgehead atoms. The summed E-state index contributed by atoms with van der Waals surface area (Å²) in [5.74, 6) is 0.873. The summed E-state index contributed by atoms with van der Waals surface area (Å²) in [6.07, 6.45) is 2.58. The summed E-state index contributed by atoms with van der Waals surface area (Å²) < 4.78 is 0. The van der Waals surface area contributed by atoms with Gasteiger partial charge < -0.3 is 0 Å². The number of rotatable bonds is 0. The fourth-order valence-electron chi connectivity index (χ4n) is 1.78. The van der Waals surface area contributed by atoms with Gasteiger partial charge in [-0.2, -0.15) is 0 Å². The van der Waals surface area contributed by atoms with Crippen molar-refractivity contribution in [1.29, 1.82) is 0 Å². The third-order valence-corrected chi connectivity index (χ3v) is 2.26. The highest BCUT2D eigenvalue weighted by Gasteiger charge is 2.15. The van der Waals surface area contributed by atoms with Crippen LogP contribution in [0, 0.1) is 5.92 Å². The standard InChI is InChI=1S/C10H12.C2H6.CH4/c1-8-6-9-4-2-3-5-10(9)7-8;1-2;/h2-5,8H,6-7H2,1H3;1-2H3;1H4. The molecule has 0 radical (unpaired) electrons. The maximum absolute atomic E-state index is 2.32. The van der Waals surface area contributed by atoms with Crippen molar-refractivity contribution in [3.63, 3.8) is 0 Å². The minimum atomic E-state index is 0. The molecule has 0 saturated carbocycles. The van der Waals surface area contributed by atoms with Gasteiger partial charge in [-0.05, 0) is 29.9 Å². The van der Waals surface area contributed by atoms with Crippen LogP contribution in [-0.2, 0) is 12.8 Å². The monoisotopic (exact) mass is 178 g/mol. The van der Waals surface area contributed by atoms with Crippen LogP contribution in [0.1, 0.15) is 39.3 Å². The van der Waals surface area contributed by atoms with Gasteiger partial charge in [-0.15, -0.1) is 0 Å². The zero-order chi connectivity index (χ0) is 8.97. The molecular weight excluding hydrogens is 156 g/mol. The van der Waals surface area contributed by atoms with Gasteiger partial charge in [0.15, 0.2) is 0 Å². The first kappa shape index (κ1) is 12.2. The maximum Gasteiger partial charge on any atom is -0.0247 e. The lowest BCUT2D eigenvalue weighted by Gasteiger charge is -1.93. The summed E-state index contributed by atoms with van der Waals surface area (Å²) >= 11 is 0. The number of fused-ring (bicyclic) bond motifs is 1. The van der Waals surface area contributed by atoms with Crippen molar-refractivity contribution < 1.29 is 0 Å². The topological polar surface area (TPSA) is 0 Å². The van der Waals surface area contributed by atoms with Crippen LogP contribution in [0.4, 0.5) is 0 Å². The Bertz CT molecular complexity index is 213. The molecule has 0 saturated heterocycles. The van der Waals surface area contributed by atoms with E-state index in [-0.39, 0.29) is 7.43 Å². The number of hydrogen-bond donors (Lipinski definition) is 0. The van der Waals surface area contributed by atoms with Crippen molar-refractivity contribution in [2.75, 3.05) is 0 Å². The molecule has 0 nitrogen and oxygen atoms in total. The Morgan fingerprint density at radius 3 is 1.77 bits per heavy atom. The largest absolute Gasteiger partial charge is 0.0776 e. The Kier molecular flexibility index (Phi) is 5.45. The molecule has 2 rings (SSSR count). The Morgan fingerprint density at radius 1 is 1.00 bits per heavy atom. The van der Waals surface area contributed by atoms with Crippen LogP contribution in [0.3, 0.4) is 0 Å². The van der Waals surface area contributed by atoms with E-state index in [9.17, 15) is 0 Å². The lowest BCUT2D eigenvalue weighted by Crippen LogP contribution is -1.89. The summed E-state index contributed by atoms with van der Waals surface area (Å²) in [7, 11) is 0. The summed E-state index contributed by atoms with van der Waals surface area (Å²) in [6, 6.07) is 8.77. The Labute approximate surface area is 83.0 Å². The van der Waals surface area contributed by atoms with Gasteiger partial charge in [-0.25, -0.2) is 0 Å². The number of hydrogen-bond acceptors (Lipinski definition) is 0. The van der Waals surface area contributed by atoms with Gasteiger partial charge in [0, 0.05) is 0 Å². The van der Waals surface area contributed by atoms with Gasteiger partial charge >= 0.3 is 0 Å². The molecule has 0 atom stereocenters. The molecule has 0 N–H and O–H groups in total. The average molecular weight is 178 g/mol. The minimum Gasteiger partial charge on any atom is -0.0776 e. The van der Waals surface area contributed by atoms with E-state index in [1.54, 1.807) is 11.1 Å². The molecule has 0 fully saturated rings. The first-order valence-electron chi connectivity index (χ1n) is 4.93. The van der Waals surface area contributed by atoms with Gasteiger partial charge in [-0.1, -0.05) is 52.5 Å². The molecule has 1 aromatic rings. The third kappa shape index (κ3) is 2.87. The normalized spacial score (nSPS) is 13.8. The molecule has 0 spiro atoms. The van der Waals surface area contributed by atoms with E-state index < -0.39 is 0 Å². The molecule has 74 valence electrons. The molecule has 1 aliphatic carbocycles. The Hall–Kier alpha value is -0.780. The van der Waals surface area contributed by atoms with Gasteiger partial charge in [0.1, 0.15) is 0 Å². The van der Waals surface area contributed by atoms with Crippen LogP contribution >= 0.6 is 0 Å². The van der Waals surface area contributed by atoms with E-state index in [0.29, 0.717) is 0 Å². The van der Waals surface area contributed by atoms with E-state index in [1.807, 2.05) is 13.8 Å². The molecular formula is C13H22. The van der Waals surface area contributed by atoms with Crippen LogP contribution in [-0.4, -0.2) is 0 Å². The summed E-state index contributed by atoms with van der Waals surface area (Å²) in [5.41, 5.74) is 3.13. The lowest BCUT2D eigenvalue weighted by atomic mass is 10.1. The first-order chi connectivity index (χ1) is 5.86. The van der Waals surface area contributed by atoms with Crippen LogP contribution in [0.25, 0.3) is 0 Å². The van der Waals surface area contributed by atoms with Crippen molar-refractivity contribution in [2.45, 2.75) is 41.0 Å². The quantitative estimate of drug-likeness (QED) is 0.561. The van der Waals surface area contributed by atoms with E-state index in [2.05, 4.69) is 31.2 Å². The average Bonchev–Trinajstić information content (AvgIpc) is 2.48. The molecule has 1 aliphatic rings. The molecule has 1 aromatic carbocycles. The fourth-order valence-corrected chi connectivity index (χ4v) is 1.78. The van der Waals surface area contributed by atoms with Gasteiger partial charge in [0.25, 0.3) is 0 Å². The first-order valence-corrected chi connectivity index (χ1v) is 4.93. The van der Waals surface area contributed by atoms with Crippen LogP contribution in [0.2, 0.25) is 0 Å². The lowest BCUT2D eigenvalue weighted by molar-refractivity contribution is 0.628. The third-order valence-electron chi connectivity index (χ3n) is 2.26. The van der Waals surface area contributed by atoms with Crippen LogP contribution < -0.4 is 0 Å². The highest BCUT2D eigenvalue weighted by atomic mass is 14.2. The van der Waals surface area contributed by atoms with Crippen LogP contribution in [0.15, 0.2) is 24.3 Å². The summed E-state index contributed by atoms with van der Waals surface area (Å²) in [6.45, 7) is 6.32. The Morgan fingerprint density at radius 2 is 1.38 bits per heavy atom. The molecule has 0 heterocycles. The predicted molar refractivity (Wildman–Crippen MR) is 61.1 cm³/mol. The SMILES string of the molecule is C.CC.CC1Cc2ccccc2C1. The van der Waals surface area contributed by atoms with E-state index in [1.165, 1.54) is 12.8 Å². The predicted octanol–water partition coefficient (Wildman–Crippen LogP) is 4.08. The maximum atomic E-state index is 2.32. The van der Waals surface area contributed by atoms with Gasteiger partial charge in [-0.3, -0.25) is 0 Å². The summed E-state index contributed by atoms with van der Waals surface area (Å²) in [4.78, 5) is 0.